The van der Waals surface area contributed by atoms with Crippen LogP contribution < -0.4 is 16.2 Å². The van der Waals surface area contributed by atoms with Crippen molar-refractivity contribution in [3.05, 3.63) is 40.2 Å². The minimum atomic E-state index is -0.239. The lowest BCUT2D eigenvalue weighted by Crippen LogP contribution is -2.60. The van der Waals surface area contributed by atoms with Gasteiger partial charge in [0, 0.05) is 17.1 Å². The van der Waals surface area contributed by atoms with Crippen LogP contribution in [0.5, 0.6) is 0 Å². The monoisotopic (exact) mass is 331 g/mol. The Morgan fingerprint density at radius 1 is 1.25 bits per heavy atom. The van der Waals surface area contributed by atoms with Crippen LogP contribution in [-0.4, -0.2) is 32.3 Å². The van der Waals surface area contributed by atoms with Crippen molar-refractivity contribution in [3.8, 4) is 0 Å². The van der Waals surface area contributed by atoms with Gasteiger partial charge < -0.3 is 15.1 Å². The first-order chi connectivity index (χ1) is 11.2. The van der Waals surface area contributed by atoms with E-state index in [0.29, 0.717) is 23.8 Å². The summed E-state index contributed by atoms with van der Waals surface area (Å²) in [5.41, 5.74) is 0.150. The summed E-state index contributed by atoms with van der Waals surface area (Å²) in [6.45, 7) is 8.74. The normalized spacial score (nSPS) is 20.0. The third-order valence-corrected chi connectivity index (χ3v) is 4.22. The molecule has 1 aliphatic rings. The molecule has 24 heavy (non-hydrogen) atoms. The third kappa shape index (κ3) is 4.03. The standard InChI is InChI=1S/C17H25N5O2/c1-16(2)9-11(10-17(3,4)22-16)18-15-19-14(23)13(20-21-15)8-12-6-5-7-24-12/h5-7,11,22H,8-10H2,1-4H3,(H2,18,19,21,23). The number of nitrogens with zero attached hydrogens (tertiary/aromatic N) is 2. The van der Waals surface area contributed by atoms with Gasteiger partial charge in [0.25, 0.3) is 5.56 Å². The predicted octanol–water partition coefficient (Wildman–Crippen LogP) is 2.07. The number of nitrogens with one attached hydrogen (secondary N) is 3. The molecule has 3 heterocycles. The van der Waals surface area contributed by atoms with Crippen LogP contribution in [0.25, 0.3) is 0 Å². The van der Waals surface area contributed by atoms with Crippen molar-refractivity contribution in [2.45, 2.75) is 64.1 Å². The first-order valence-electron chi connectivity index (χ1n) is 8.27. The molecule has 1 aliphatic heterocycles. The molecule has 0 aromatic carbocycles. The maximum Gasteiger partial charge on any atom is 0.274 e. The highest BCUT2D eigenvalue weighted by atomic mass is 16.3. The zero-order valence-electron chi connectivity index (χ0n) is 14.6. The van der Waals surface area contributed by atoms with E-state index in [4.69, 9.17) is 4.42 Å². The maximum absolute atomic E-state index is 12.2. The number of furan rings is 1. The minimum Gasteiger partial charge on any atom is -0.469 e. The molecule has 1 fully saturated rings. The van der Waals surface area contributed by atoms with Crippen LogP contribution in [0, 0.1) is 0 Å². The molecule has 130 valence electrons. The van der Waals surface area contributed by atoms with Gasteiger partial charge in [-0.25, -0.2) is 0 Å². The lowest BCUT2D eigenvalue weighted by Gasteiger charge is -2.46. The van der Waals surface area contributed by atoms with Gasteiger partial charge in [-0.1, -0.05) is 0 Å². The number of aromatic nitrogens is 3. The number of hydrogen-bond donors (Lipinski definition) is 3. The van der Waals surface area contributed by atoms with E-state index < -0.39 is 0 Å². The molecule has 1 saturated heterocycles. The van der Waals surface area contributed by atoms with Gasteiger partial charge in [-0.15, -0.1) is 10.2 Å². The van der Waals surface area contributed by atoms with Gasteiger partial charge in [-0.05, 0) is 52.7 Å². The van der Waals surface area contributed by atoms with Gasteiger partial charge in [0.2, 0.25) is 5.95 Å². The fourth-order valence-electron chi connectivity index (χ4n) is 3.74. The van der Waals surface area contributed by atoms with Crippen LogP contribution >= 0.6 is 0 Å². The van der Waals surface area contributed by atoms with Crippen molar-refractivity contribution >= 4 is 5.95 Å². The van der Waals surface area contributed by atoms with E-state index in [9.17, 15) is 4.79 Å². The van der Waals surface area contributed by atoms with Crippen LogP contribution in [0.3, 0.4) is 0 Å². The van der Waals surface area contributed by atoms with Gasteiger partial charge in [-0.3, -0.25) is 9.78 Å². The first kappa shape index (κ1) is 16.7. The highest BCUT2D eigenvalue weighted by molar-refractivity contribution is 5.26. The zero-order valence-corrected chi connectivity index (χ0v) is 14.6. The van der Waals surface area contributed by atoms with Gasteiger partial charge in [0.05, 0.1) is 12.7 Å². The summed E-state index contributed by atoms with van der Waals surface area (Å²) in [6, 6.07) is 3.82. The van der Waals surface area contributed by atoms with E-state index >= 15 is 0 Å². The second-order valence-electron chi connectivity index (χ2n) is 7.85. The second kappa shape index (κ2) is 6.05. The van der Waals surface area contributed by atoms with Crippen LogP contribution in [0.15, 0.2) is 27.6 Å². The van der Waals surface area contributed by atoms with Crippen molar-refractivity contribution < 1.29 is 4.42 Å². The molecule has 7 heteroatoms. The molecule has 0 amide bonds. The molecule has 2 aromatic heterocycles. The van der Waals surface area contributed by atoms with Gasteiger partial charge in [0.1, 0.15) is 11.5 Å². The molecule has 0 atom stereocenters. The van der Waals surface area contributed by atoms with E-state index in [1.807, 2.05) is 6.07 Å². The van der Waals surface area contributed by atoms with E-state index in [0.717, 1.165) is 12.8 Å². The lowest BCUT2D eigenvalue weighted by atomic mass is 9.80. The molecule has 0 radical (unpaired) electrons. The summed E-state index contributed by atoms with van der Waals surface area (Å²) in [5, 5.41) is 15.2. The fourth-order valence-corrected chi connectivity index (χ4v) is 3.74. The van der Waals surface area contributed by atoms with Crippen molar-refractivity contribution in [2.24, 2.45) is 0 Å². The van der Waals surface area contributed by atoms with Gasteiger partial charge in [0.15, 0.2) is 0 Å². The predicted molar refractivity (Wildman–Crippen MR) is 92.1 cm³/mol. The molecule has 3 N–H and O–H groups in total. The molecule has 2 aromatic rings. The molecule has 0 spiro atoms. The van der Waals surface area contributed by atoms with Gasteiger partial charge in [-0.2, -0.15) is 0 Å². The van der Waals surface area contributed by atoms with Gasteiger partial charge >= 0.3 is 0 Å². The highest BCUT2D eigenvalue weighted by Gasteiger charge is 2.37. The Balaban J connectivity index is 1.72. The Morgan fingerprint density at radius 2 is 1.96 bits per heavy atom. The Kier molecular flexibility index (Phi) is 4.21. The smallest absolute Gasteiger partial charge is 0.274 e. The van der Waals surface area contributed by atoms with E-state index in [-0.39, 0.29) is 22.7 Å². The fraction of sp³-hybridized carbons (Fsp3) is 0.588. The van der Waals surface area contributed by atoms with Crippen LogP contribution in [0.2, 0.25) is 0 Å². The SMILES string of the molecule is CC1(C)CC(Nc2nnc(Cc3ccco3)c(=O)[nH]2)CC(C)(C)N1. The molecule has 0 saturated carbocycles. The Labute approximate surface area is 141 Å². The third-order valence-electron chi connectivity index (χ3n) is 4.22. The lowest BCUT2D eigenvalue weighted by molar-refractivity contribution is 0.170. The number of rotatable bonds is 4. The van der Waals surface area contributed by atoms with Crippen molar-refractivity contribution in [2.75, 3.05) is 5.32 Å². The first-order valence-corrected chi connectivity index (χ1v) is 8.27. The molecular formula is C17H25N5O2. The maximum atomic E-state index is 12.2. The number of aromatic amines is 1. The largest absolute Gasteiger partial charge is 0.469 e. The molecule has 0 unspecified atom stereocenters. The molecule has 3 rings (SSSR count). The molecular weight excluding hydrogens is 306 g/mol. The van der Waals surface area contributed by atoms with Crippen LogP contribution in [0.4, 0.5) is 5.95 Å². The zero-order chi connectivity index (χ0) is 17.4. The summed E-state index contributed by atoms with van der Waals surface area (Å²) < 4.78 is 5.25. The molecule has 7 nitrogen and oxygen atoms in total. The molecule has 0 bridgehead atoms. The summed E-state index contributed by atoms with van der Waals surface area (Å²) >= 11 is 0. The van der Waals surface area contributed by atoms with E-state index in [2.05, 4.69) is 53.5 Å². The summed E-state index contributed by atoms with van der Waals surface area (Å²) in [4.78, 5) is 15.0. The van der Waals surface area contributed by atoms with Crippen LogP contribution in [-0.2, 0) is 6.42 Å². The van der Waals surface area contributed by atoms with E-state index in [1.165, 1.54) is 0 Å². The van der Waals surface area contributed by atoms with Crippen LogP contribution in [0.1, 0.15) is 52.0 Å². The summed E-state index contributed by atoms with van der Waals surface area (Å²) in [7, 11) is 0. The topological polar surface area (TPSA) is 95.8 Å². The number of anilines is 1. The van der Waals surface area contributed by atoms with Crippen molar-refractivity contribution in [1.29, 1.82) is 0 Å². The summed E-state index contributed by atoms with van der Waals surface area (Å²) in [5.74, 6) is 1.11. The minimum absolute atomic E-state index is 0.0202. The highest BCUT2D eigenvalue weighted by Crippen LogP contribution is 2.29. The number of H-pyrrole nitrogens is 1. The summed E-state index contributed by atoms with van der Waals surface area (Å²) in [6.07, 6.45) is 3.79. The number of piperidine rings is 1. The second-order valence-corrected chi connectivity index (χ2v) is 7.85. The number of hydrogen-bond acceptors (Lipinski definition) is 6. The van der Waals surface area contributed by atoms with E-state index in [1.54, 1.807) is 12.3 Å². The quantitative estimate of drug-likeness (QED) is 0.794. The Bertz CT molecular complexity index is 733. The van der Waals surface area contributed by atoms with Crippen molar-refractivity contribution in [3.63, 3.8) is 0 Å². The van der Waals surface area contributed by atoms with Crippen molar-refractivity contribution in [1.82, 2.24) is 20.5 Å². The Morgan fingerprint density at radius 3 is 2.54 bits per heavy atom. The molecule has 0 aliphatic carbocycles. The Hall–Kier alpha value is -2.15. The average Bonchev–Trinajstić information content (AvgIpc) is 2.91. The average molecular weight is 331 g/mol.